The van der Waals surface area contributed by atoms with Crippen LogP contribution in [0.5, 0.6) is 11.5 Å². The zero-order valence-electron chi connectivity index (χ0n) is 15.7. The first-order valence-corrected chi connectivity index (χ1v) is 8.77. The molecule has 0 aromatic heterocycles. The smallest absolute Gasteiger partial charge is 0.340 e. The van der Waals surface area contributed by atoms with Crippen molar-refractivity contribution in [2.45, 2.75) is 24.7 Å². The highest BCUT2D eigenvalue weighted by Gasteiger charge is 2.45. The van der Waals surface area contributed by atoms with E-state index in [9.17, 15) is 9.59 Å². The zero-order valence-corrected chi connectivity index (χ0v) is 15.7. The summed E-state index contributed by atoms with van der Waals surface area (Å²) in [6, 6.07) is 12.8. The lowest BCUT2D eigenvalue weighted by Crippen LogP contribution is -2.46. The van der Waals surface area contributed by atoms with Gasteiger partial charge in [0.1, 0.15) is 0 Å². The molecule has 142 valence electrons. The summed E-state index contributed by atoms with van der Waals surface area (Å²) in [4.78, 5) is 25.4. The maximum Gasteiger partial charge on any atom is 0.340 e. The Bertz CT molecular complexity index is 843. The van der Waals surface area contributed by atoms with Gasteiger partial charge < -0.3 is 19.5 Å². The van der Waals surface area contributed by atoms with Crippen molar-refractivity contribution in [3.8, 4) is 11.5 Å². The number of nitrogens with one attached hydrogen (secondary N) is 1. The SMILES string of the molecule is COC(=O)c1cc(OC)c(OC)cc1NC(=O)C1(c2ccccc2)CCC1. The summed E-state index contributed by atoms with van der Waals surface area (Å²) in [6.07, 6.45) is 2.52. The van der Waals surface area contributed by atoms with Crippen LogP contribution in [0.15, 0.2) is 42.5 Å². The summed E-state index contributed by atoms with van der Waals surface area (Å²) < 4.78 is 15.4. The number of rotatable bonds is 6. The molecule has 0 saturated heterocycles. The van der Waals surface area contributed by atoms with Crippen molar-refractivity contribution in [3.05, 3.63) is 53.6 Å². The van der Waals surface area contributed by atoms with E-state index in [1.165, 1.54) is 27.4 Å². The van der Waals surface area contributed by atoms with Crippen molar-refractivity contribution in [2.75, 3.05) is 26.6 Å². The van der Waals surface area contributed by atoms with Gasteiger partial charge in [-0.1, -0.05) is 36.8 Å². The van der Waals surface area contributed by atoms with E-state index in [-0.39, 0.29) is 11.5 Å². The second kappa shape index (κ2) is 7.70. The third kappa shape index (κ3) is 3.35. The molecule has 27 heavy (non-hydrogen) atoms. The van der Waals surface area contributed by atoms with Crippen LogP contribution in [-0.4, -0.2) is 33.2 Å². The quantitative estimate of drug-likeness (QED) is 0.788. The van der Waals surface area contributed by atoms with Gasteiger partial charge in [-0.2, -0.15) is 0 Å². The van der Waals surface area contributed by atoms with Gasteiger partial charge in [-0.15, -0.1) is 0 Å². The highest BCUT2D eigenvalue weighted by atomic mass is 16.5. The van der Waals surface area contributed by atoms with Crippen molar-refractivity contribution < 1.29 is 23.8 Å². The first kappa shape index (κ1) is 18.8. The third-order valence-corrected chi connectivity index (χ3v) is 5.15. The van der Waals surface area contributed by atoms with Crippen molar-refractivity contribution >= 4 is 17.6 Å². The summed E-state index contributed by atoms with van der Waals surface area (Å²) in [6.45, 7) is 0. The average molecular weight is 369 g/mol. The molecule has 3 rings (SSSR count). The van der Waals surface area contributed by atoms with Gasteiger partial charge in [0.25, 0.3) is 0 Å². The number of methoxy groups -OCH3 is 3. The van der Waals surface area contributed by atoms with Gasteiger partial charge in [-0.25, -0.2) is 4.79 Å². The number of hydrogen-bond acceptors (Lipinski definition) is 5. The van der Waals surface area contributed by atoms with E-state index in [2.05, 4.69) is 5.32 Å². The van der Waals surface area contributed by atoms with Crippen LogP contribution < -0.4 is 14.8 Å². The van der Waals surface area contributed by atoms with Crippen molar-refractivity contribution in [1.82, 2.24) is 0 Å². The molecule has 1 saturated carbocycles. The Balaban J connectivity index is 1.98. The topological polar surface area (TPSA) is 73.9 Å². The molecule has 0 radical (unpaired) electrons. The molecule has 1 fully saturated rings. The minimum absolute atomic E-state index is 0.141. The van der Waals surface area contributed by atoms with Gasteiger partial charge in [0.2, 0.25) is 5.91 Å². The molecule has 1 N–H and O–H groups in total. The predicted molar refractivity (Wildman–Crippen MR) is 101 cm³/mol. The number of hydrogen-bond donors (Lipinski definition) is 1. The second-order valence-corrected chi connectivity index (χ2v) is 6.50. The molecule has 0 heterocycles. The lowest BCUT2D eigenvalue weighted by atomic mass is 9.64. The van der Waals surface area contributed by atoms with Gasteiger partial charge in [-0.05, 0) is 18.4 Å². The molecular formula is C21H23NO5. The Morgan fingerprint density at radius 1 is 0.963 bits per heavy atom. The highest BCUT2D eigenvalue weighted by Crippen LogP contribution is 2.45. The fourth-order valence-electron chi connectivity index (χ4n) is 3.44. The maximum atomic E-state index is 13.2. The van der Waals surface area contributed by atoms with E-state index in [0.29, 0.717) is 17.2 Å². The third-order valence-electron chi connectivity index (χ3n) is 5.15. The van der Waals surface area contributed by atoms with Crippen LogP contribution in [0.1, 0.15) is 35.2 Å². The van der Waals surface area contributed by atoms with Gasteiger partial charge in [0.05, 0.1) is 38.0 Å². The van der Waals surface area contributed by atoms with Crippen LogP contribution in [0.2, 0.25) is 0 Å². The van der Waals surface area contributed by atoms with Crippen LogP contribution in [0.3, 0.4) is 0 Å². The number of benzene rings is 2. The Morgan fingerprint density at radius 3 is 2.11 bits per heavy atom. The number of carbonyl (C=O) groups is 2. The van der Waals surface area contributed by atoms with Crippen LogP contribution in [-0.2, 0) is 14.9 Å². The van der Waals surface area contributed by atoms with Gasteiger partial charge in [-0.3, -0.25) is 4.79 Å². The molecule has 1 amide bonds. The second-order valence-electron chi connectivity index (χ2n) is 6.50. The minimum Gasteiger partial charge on any atom is -0.493 e. The van der Waals surface area contributed by atoms with E-state index in [1.54, 1.807) is 6.07 Å². The first-order valence-electron chi connectivity index (χ1n) is 8.77. The summed E-state index contributed by atoms with van der Waals surface area (Å²) in [5.41, 5.74) is 0.952. The van der Waals surface area contributed by atoms with E-state index < -0.39 is 11.4 Å². The lowest BCUT2D eigenvalue weighted by Gasteiger charge is -2.40. The minimum atomic E-state index is -0.582. The molecule has 1 aliphatic rings. The van der Waals surface area contributed by atoms with Crippen LogP contribution in [0, 0.1) is 0 Å². The Labute approximate surface area is 158 Å². The Hall–Kier alpha value is -3.02. The van der Waals surface area contributed by atoms with E-state index in [1.807, 2.05) is 30.3 Å². The van der Waals surface area contributed by atoms with Crippen LogP contribution >= 0.6 is 0 Å². The van der Waals surface area contributed by atoms with Gasteiger partial charge in [0, 0.05) is 12.1 Å². The Kier molecular flexibility index (Phi) is 5.35. The lowest BCUT2D eigenvalue weighted by molar-refractivity contribution is -0.124. The summed E-state index contributed by atoms with van der Waals surface area (Å²) in [5, 5.41) is 2.92. The number of esters is 1. The number of anilines is 1. The van der Waals surface area contributed by atoms with E-state index in [4.69, 9.17) is 14.2 Å². The molecule has 1 aliphatic carbocycles. The van der Waals surface area contributed by atoms with Crippen molar-refractivity contribution in [3.63, 3.8) is 0 Å². The normalized spacial score (nSPS) is 14.6. The monoisotopic (exact) mass is 369 g/mol. The molecule has 0 unspecified atom stereocenters. The predicted octanol–water partition coefficient (Wildman–Crippen LogP) is 3.55. The standard InChI is InChI=1S/C21H23NO5/c1-25-17-12-15(19(23)27-3)16(13-18(17)26-2)22-20(24)21(10-7-11-21)14-8-5-4-6-9-14/h4-6,8-9,12-13H,7,10-11H2,1-3H3,(H,22,24). The number of carbonyl (C=O) groups excluding carboxylic acids is 2. The fraction of sp³-hybridized carbons (Fsp3) is 0.333. The van der Waals surface area contributed by atoms with Crippen molar-refractivity contribution in [1.29, 1.82) is 0 Å². The molecule has 0 atom stereocenters. The molecule has 0 spiro atoms. The van der Waals surface area contributed by atoms with Crippen molar-refractivity contribution in [2.24, 2.45) is 0 Å². The van der Waals surface area contributed by atoms with E-state index in [0.717, 1.165) is 24.8 Å². The van der Waals surface area contributed by atoms with Gasteiger partial charge in [0.15, 0.2) is 11.5 Å². The summed E-state index contributed by atoms with van der Waals surface area (Å²) in [7, 11) is 4.27. The summed E-state index contributed by atoms with van der Waals surface area (Å²) in [5.74, 6) is 0.103. The molecule has 0 aliphatic heterocycles. The molecule has 2 aromatic carbocycles. The average Bonchev–Trinajstić information content (AvgIpc) is 2.67. The van der Waals surface area contributed by atoms with E-state index >= 15 is 0 Å². The molecular weight excluding hydrogens is 346 g/mol. The van der Waals surface area contributed by atoms with Crippen LogP contribution in [0.25, 0.3) is 0 Å². The summed E-state index contributed by atoms with van der Waals surface area (Å²) >= 11 is 0. The van der Waals surface area contributed by atoms with Gasteiger partial charge >= 0.3 is 5.97 Å². The maximum absolute atomic E-state index is 13.2. The molecule has 2 aromatic rings. The molecule has 0 bridgehead atoms. The highest BCUT2D eigenvalue weighted by molar-refractivity contribution is 6.05. The van der Waals surface area contributed by atoms with Crippen LogP contribution in [0.4, 0.5) is 5.69 Å². The Morgan fingerprint density at radius 2 is 1.59 bits per heavy atom. The first-order chi connectivity index (χ1) is 13.1. The number of amides is 1. The largest absolute Gasteiger partial charge is 0.493 e. The molecule has 6 heteroatoms. The number of ether oxygens (including phenoxy) is 3. The molecule has 6 nitrogen and oxygen atoms in total. The fourth-order valence-corrected chi connectivity index (χ4v) is 3.44. The zero-order chi connectivity index (χ0) is 19.4.